The van der Waals surface area contributed by atoms with Gasteiger partial charge in [0.15, 0.2) is 0 Å². The molecule has 188 valence electrons. The molecule has 7 heteroatoms. The van der Waals surface area contributed by atoms with Gasteiger partial charge in [-0.2, -0.15) is 5.10 Å². The van der Waals surface area contributed by atoms with Crippen molar-refractivity contribution in [2.75, 3.05) is 5.43 Å². The van der Waals surface area contributed by atoms with Gasteiger partial charge < -0.3 is 9.84 Å². The highest BCUT2D eigenvalue weighted by Crippen LogP contribution is 2.37. The van der Waals surface area contributed by atoms with Crippen LogP contribution in [-0.4, -0.2) is 22.5 Å². The molecule has 0 heterocycles. The van der Waals surface area contributed by atoms with Crippen LogP contribution in [0.1, 0.15) is 42.3 Å². The van der Waals surface area contributed by atoms with E-state index in [0.717, 1.165) is 20.9 Å². The molecule has 3 aromatic carbocycles. The molecule has 0 spiro atoms. The highest BCUT2D eigenvalue weighted by molar-refractivity contribution is 8.03. The molecule has 4 rings (SSSR count). The fourth-order valence-electron chi connectivity index (χ4n) is 3.68. The fraction of sp³-hybridized carbons (Fsp3) is 0.167. The molecule has 3 aromatic rings. The van der Waals surface area contributed by atoms with E-state index < -0.39 is 5.97 Å². The smallest absolute Gasteiger partial charge is 0.343 e. The number of aryl methyl sites for hydroxylation is 1. The summed E-state index contributed by atoms with van der Waals surface area (Å²) in [6, 6.07) is 19.9. The number of nitrogens with one attached hydrogen (secondary N) is 2. The predicted molar refractivity (Wildman–Crippen MR) is 151 cm³/mol. The first kappa shape index (κ1) is 26.0. The zero-order valence-electron chi connectivity index (χ0n) is 21.2. The highest BCUT2D eigenvalue weighted by Gasteiger charge is 2.21. The second-order valence-electron chi connectivity index (χ2n) is 9.69. The second kappa shape index (κ2) is 10.9. The Labute approximate surface area is 221 Å². The normalized spacial score (nSPS) is 14.4. The van der Waals surface area contributed by atoms with Gasteiger partial charge in [-0.15, -0.1) is 0 Å². The predicted octanol–water partition coefficient (Wildman–Crippen LogP) is 7.25. The monoisotopic (exact) mass is 511 g/mol. The van der Waals surface area contributed by atoms with Gasteiger partial charge in [0.05, 0.1) is 17.0 Å². The lowest BCUT2D eigenvalue weighted by atomic mass is 9.85. The number of allylic oxidation sites excluding steroid dienone is 3. The van der Waals surface area contributed by atoms with Crippen molar-refractivity contribution in [1.29, 1.82) is 5.41 Å². The Hall–Kier alpha value is -4.10. The summed E-state index contributed by atoms with van der Waals surface area (Å²) >= 11 is 1.50. The molecule has 0 atom stereocenters. The average Bonchev–Trinajstić information content (AvgIpc) is 2.86. The zero-order chi connectivity index (χ0) is 26.6. The lowest BCUT2D eigenvalue weighted by Crippen LogP contribution is -2.14. The second-order valence-corrected chi connectivity index (χ2v) is 10.8. The van der Waals surface area contributed by atoms with E-state index in [-0.39, 0.29) is 16.9 Å². The van der Waals surface area contributed by atoms with E-state index in [4.69, 9.17) is 10.1 Å². The lowest BCUT2D eigenvalue weighted by Gasteiger charge is -2.22. The maximum absolute atomic E-state index is 12.2. The van der Waals surface area contributed by atoms with Crippen LogP contribution in [0.25, 0.3) is 0 Å². The summed E-state index contributed by atoms with van der Waals surface area (Å²) in [5, 5.41) is 23.5. The summed E-state index contributed by atoms with van der Waals surface area (Å²) in [5.74, 6) is 0.230. The number of carbonyl (C=O) groups is 1. The number of phenolic OH excluding ortho intramolecular Hbond substituents is 1. The van der Waals surface area contributed by atoms with Gasteiger partial charge >= 0.3 is 5.97 Å². The topological polar surface area (TPSA) is 94.8 Å². The standard InChI is InChI=1S/C30H29N3O3S/c1-19-16-24(30(2,3)4)28(34)27(17-19)33-32-26-15-14-23(18-25(26)31)37-22-12-10-21(11-13-22)36-29(35)20-8-6-5-7-9-20/h5-18,31,33-34H,1-4H3/b31-25?,32-26-. The molecular weight excluding hydrogens is 482 g/mol. The highest BCUT2D eigenvalue weighted by atomic mass is 32.2. The number of ether oxygens (including phenoxy) is 1. The van der Waals surface area contributed by atoms with E-state index in [0.29, 0.717) is 22.7 Å². The van der Waals surface area contributed by atoms with Crippen molar-refractivity contribution in [3.05, 3.63) is 107 Å². The Bertz CT molecular complexity index is 1420. The molecular formula is C30H29N3O3S. The largest absolute Gasteiger partial charge is 0.505 e. The van der Waals surface area contributed by atoms with Crippen molar-refractivity contribution in [1.82, 2.24) is 0 Å². The Morgan fingerprint density at radius 3 is 2.38 bits per heavy atom. The van der Waals surface area contributed by atoms with Crippen molar-refractivity contribution < 1.29 is 14.6 Å². The van der Waals surface area contributed by atoms with Crippen molar-refractivity contribution in [2.24, 2.45) is 5.10 Å². The van der Waals surface area contributed by atoms with Gasteiger partial charge in [-0.05, 0) is 78.6 Å². The van der Waals surface area contributed by atoms with Crippen LogP contribution in [0.2, 0.25) is 0 Å². The number of aromatic hydroxyl groups is 1. The minimum absolute atomic E-state index is 0.165. The summed E-state index contributed by atoms with van der Waals surface area (Å²) in [5.41, 5.74) is 6.30. The molecule has 1 aliphatic carbocycles. The van der Waals surface area contributed by atoms with Crippen molar-refractivity contribution in [3.8, 4) is 11.5 Å². The molecule has 0 aromatic heterocycles. The number of hydrazone groups is 1. The number of anilines is 1. The molecule has 6 nitrogen and oxygen atoms in total. The first-order valence-corrected chi connectivity index (χ1v) is 12.6. The molecule has 0 radical (unpaired) electrons. The lowest BCUT2D eigenvalue weighted by molar-refractivity contribution is 0.0734. The fourth-order valence-corrected chi connectivity index (χ4v) is 4.54. The van der Waals surface area contributed by atoms with E-state index >= 15 is 0 Å². The number of carbonyl (C=O) groups excluding carboxylic acids is 1. The van der Waals surface area contributed by atoms with Crippen molar-refractivity contribution >= 4 is 34.8 Å². The zero-order valence-corrected chi connectivity index (χ0v) is 22.0. The third-order valence-corrected chi connectivity index (χ3v) is 6.60. The molecule has 0 saturated heterocycles. The molecule has 1 aliphatic rings. The van der Waals surface area contributed by atoms with Gasteiger partial charge in [0.2, 0.25) is 0 Å². The molecule has 0 saturated carbocycles. The Morgan fingerprint density at radius 1 is 1.03 bits per heavy atom. The first-order chi connectivity index (χ1) is 17.6. The van der Waals surface area contributed by atoms with Crippen molar-refractivity contribution in [3.63, 3.8) is 0 Å². The quantitative estimate of drug-likeness (QED) is 0.107. The number of phenols is 1. The summed E-state index contributed by atoms with van der Waals surface area (Å²) in [6.45, 7) is 8.12. The molecule has 0 unspecified atom stereocenters. The van der Waals surface area contributed by atoms with Crippen LogP contribution in [0.5, 0.6) is 11.5 Å². The number of hydrogen-bond donors (Lipinski definition) is 3. The number of esters is 1. The molecule has 37 heavy (non-hydrogen) atoms. The maximum atomic E-state index is 12.2. The van der Waals surface area contributed by atoms with E-state index in [1.165, 1.54) is 11.8 Å². The van der Waals surface area contributed by atoms with E-state index in [2.05, 4.69) is 10.5 Å². The van der Waals surface area contributed by atoms with E-state index in [1.54, 1.807) is 48.6 Å². The Kier molecular flexibility index (Phi) is 7.64. The average molecular weight is 512 g/mol. The van der Waals surface area contributed by atoms with Crippen LogP contribution >= 0.6 is 11.8 Å². The summed E-state index contributed by atoms with van der Waals surface area (Å²) in [4.78, 5) is 14.0. The number of nitrogens with zero attached hydrogens (tertiary/aromatic N) is 1. The summed E-state index contributed by atoms with van der Waals surface area (Å²) in [7, 11) is 0. The van der Waals surface area contributed by atoms with Gasteiger partial charge in [0.25, 0.3) is 0 Å². The van der Waals surface area contributed by atoms with Gasteiger partial charge in [-0.1, -0.05) is 56.8 Å². The third kappa shape index (κ3) is 6.57. The molecule has 0 bridgehead atoms. The number of rotatable bonds is 6. The van der Waals surface area contributed by atoms with Crippen molar-refractivity contribution in [2.45, 2.75) is 38.0 Å². The molecule has 3 N–H and O–H groups in total. The number of hydrogen-bond acceptors (Lipinski definition) is 7. The minimum atomic E-state index is -0.401. The Balaban J connectivity index is 1.39. The maximum Gasteiger partial charge on any atom is 0.343 e. The summed E-state index contributed by atoms with van der Waals surface area (Å²) < 4.78 is 5.43. The minimum Gasteiger partial charge on any atom is -0.505 e. The Morgan fingerprint density at radius 2 is 1.73 bits per heavy atom. The van der Waals surface area contributed by atoms with Crippen LogP contribution in [0.15, 0.2) is 99.9 Å². The number of benzene rings is 3. The van der Waals surface area contributed by atoms with Gasteiger partial charge in [0.1, 0.15) is 17.2 Å². The first-order valence-electron chi connectivity index (χ1n) is 11.8. The molecule has 0 amide bonds. The molecule has 0 aliphatic heterocycles. The van der Waals surface area contributed by atoms with E-state index in [1.807, 2.05) is 64.1 Å². The van der Waals surface area contributed by atoms with E-state index in [9.17, 15) is 9.90 Å². The van der Waals surface area contributed by atoms with Gasteiger partial charge in [-0.3, -0.25) is 10.8 Å². The molecule has 0 fully saturated rings. The summed E-state index contributed by atoms with van der Waals surface area (Å²) in [6.07, 6.45) is 5.40. The van der Waals surface area contributed by atoms with Crippen LogP contribution in [0.3, 0.4) is 0 Å². The van der Waals surface area contributed by atoms with Crippen LogP contribution in [0, 0.1) is 12.3 Å². The third-order valence-electron chi connectivity index (χ3n) is 5.61. The van der Waals surface area contributed by atoms with Crippen LogP contribution < -0.4 is 10.2 Å². The number of thioether (sulfide) groups is 1. The van der Waals surface area contributed by atoms with Crippen LogP contribution in [0.4, 0.5) is 5.69 Å². The van der Waals surface area contributed by atoms with Gasteiger partial charge in [-0.25, -0.2) is 4.79 Å². The van der Waals surface area contributed by atoms with Gasteiger partial charge in [0, 0.05) is 15.4 Å². The van der Waals surface area contributed by atoms with Crippen LogP contribution in [-0.2, 0) is 5.41 Å². The SMILES string of the molecule is Cc1cc(N/N=C2/C=CC(Sc3ccc(OC(=O)c4ccccc4)cc3)=CC2=N)c(O)c(C(C)(C)C)c1.